The van der Waals surface area contributed by atoms with Crippen LogP contribution in [0.2, 0.25) is 0 Å². The Kier molecular flexibility index (Phi) is 3.27. The van der Waals surface area contributed by atoms with Gasteiger partial charge in [0.2, 0.25) is 0 Å². The fraction of sp³-hybridized carbons (Fsp3) is 0.600. The van der Waals surface area contributed by atoms with Crippen LogP contribution in [0.25, 0.3) is 0 Å². The van der Waals surface area contributed by atoms with E-state index in [1.807, 2.05) is 19.1 Å². The Labute approximate surface area is 96.5 Å². The summed E-state index contributed by atoms with van der Waals surface area (Å²) in [6.45, 7) is 2.04. The molecule has 2 rings (SSSR count). The van der Waals surface area contributed by atoms with E-state index >= 15 is 0 Å². The maximum absolute atomic E-state index is 10.0. The van der Waals surface area contributed by atoms with E-state index in [9.17, 15) is 5.11 Å². The van der Waals surface area contributed by atoms with Gasteiger partial charge in [0.05, 0.1) is 3.79 Å². The average molecular weight is 276 g/mol. The Morgan fingerprint density at radius 3 is 2.79 bits per heavy atom. The lowest BCUT2D eigenvalue weighted by Gasteiger charge is -2.18. The first-order valence-corrected chi connectivity index (χ1v) is 6.47. The molecule has 1 aliphatic rings. The minimum atomic E-state index is -0.383. The van der Waals surface area contributed by atoms with Crippen molar-refractivity contribution in [3.8, 4) is 0 Å². The molecule has 2 nitrogen and oxygen atoms in total. The van der Waals surface area contributed by atoms with Gasteiger partial charge in [-0.25, -0.2) is 0 Å². The third-order valence-corrected chi connectivity index (χ3v) is 4.13. The molecule has 2 atom stereocenters. The summed E-state index contributed by atoms with van der Waals surface area (Å²) in [5.74, 6) is 0. The van der Waals surface area contributed by atoms with Gasteiger partial charge >= 0.3 is 0 Å². The van der Waals surface area contributed by atoms with Gasteiger partial charge in [0.15, 0.2) is 0 Å². The predicted molar refractivity (Wildman–Crippen MR) is 62.6 cm³/mol. The maximum atomic E-state index is 10.0. The number of nitrogens with one attached hydrogen (secondary N) is 1. The first-order valence-electron chi connectivity index (χ1n) is 4.86. The van der Waals surface area contributed by atoms with Crippen LogP contribution in [0.4, 0.5) is 0 Å². The van der Waals surface area contributed by atoms with Crippen molar-refractivity contribution in [3.05, 3.63) is 20.8 Å². The van der Waals surface area contributed by atoms with Gasteiger partial charge in [-0.3, -0.25) is 0 Å². The zero-order valence-corrected chi connectivity index (χ0v) is 10.4. The normalized spacial score (nSPS) is 20.8. The van der Waals surface area contributed by atoms with Crippen LogP contribution in [0, 0.1) is 0 Å². The van der Waals surface area contributed by atoms with Gasteiger partial charge in [0.25, 0.3) is 0 Å². The molecule has 1 heterocycles. The summed E-state index contributed by atoms with van der Waals surface area (Å²) < 4.78 is 1.07. The standard InChI is InChI=1S/C10H14BrNOS/c1-6(12-7-2-3-7)10(13)8-4-5-9(11)14-8/h4-7,10,12-13H,2-3H2,1H3. The van der Waals surface area contributed by atoms with Crippen LogP contribution in [0.3, 0.4) is 0 Å². The SMILES string of the molecule is CC(NC1CC1)C(O)c1ccc(Br)s1. The van der Waals surface area contributed by atoms with Gasteiger partial charge in [-0.05, 0) is 47.8 Å². The van der Waals surface area contributed by atoms with E-state index in [2.05, 4.69) is 21.2 Å². The second-order valence-electron chi connectivity index (χ2n) is 3.82. The molecule has 1 aliphatic carbocycles. The first kappa shape index (κ1) is 10.6. The van der Waals surface area contributed by atoms with Crippen LogP contribution in [0.5, 0.6) is 0 Å². The van der Waals surface area contributed by atoms with Crippen LogP contribution in [0.1, 0.15) is 30.7 Å². The number of hydrogen-bond donors (Lipinski definition) is 2. The Hall–Kier alpha value is 0.1000. The Morgan fingerprint density at radius 2 is 2.29 bits per heavy atom. The second-order valence-corrected chi connectivity index (χ2v) is 6.31. The summed E-state index contributed by atoms with van der Waals surface area (Å²) >= 11 is 5.00. The quantitative estimate of drug-likeness (QED) is 0.886. The number of thiophene rings is 1. The van der Waals surface area contributed by atoms with Gasteiger partial charge in [-0.1, -0.05) is 0 Å². The van der Waals surface area contributed by atoms with E-state index in [0.29, 0.717) is 6.04 Å². The molecule has 1 saturated carbocycles. The van der Waals surface area contributed by atoms with Crippen molar-refractivity contribution in [2.45, 2.75) is 38.0 Å². The summed E-state index contributed by atoms with van der Waals surface area (Å²) in [6, 6.07) is 4.74. The Balaban J connectivity index is 1.95. The number of hydrogen-bond acceptors (Lipinski definition) is 3. The number of rotatable bonds is 4. The summed E-state index contributed by atoms with van der Waals surface area (Å²) in [4.78, 5) is 1.03. The molecule has 0 aromatic carbocycles. The highest BCUT2D eigenvalue weighted by atomic mass is 79.9. The monoisotopic (exact) mass is 275 g/mol. The fourth-order valence-corrected chi connectivity index (χ4v) is 2.96. The highest BCUT2D eigenvalue weighted by Gasteiger charge is 2.26. The van der Waals surface area contributed by atoms with E-state index < -0.39 is 0 Å². The van der Waals surface area contributed by atoms with Crippen LogP contribution in [-0.4, -0.2) is 17.2 Å². The van der Waals surface area contributed by atoms with Crippen molar-refractivity contribution in [2.24, 2.45) is 0 Å². The Bertz CT molecular complexity index is 311. The predicted octanol–water partition coefficient (Wildman–Crippen LogP) is 2.68. The van der Waals surface area contributed by atoms with Crippen LogP contribution >= 0.6 is 27.3 Å². The fourth-order valence-electron chi connectivity index (χ4n) is 1.45. The first-order chi connectivity index (χ1) is 6.66. The van der Waals surface area contributed by atoms with Crippen molar-refractivity contribution in [2.75, 3.05) is 0 Å². The smallest absolute Gasteiger partial charge is 0.103 e. The van der Waals surface area contributed by atoms with Crippen LogP contribution in [0.15, 0.2) is 15.9 Å². The van der Waals surface area contributed by atoms with E-state index in [1.54, 1.807) is 11.3 Å². The highest BCUT2D eigenvalue weighted by molar-refractivity contribution is 9.11. The summed E-state index contributed by atoms with van der Waals surface area (Å²) in [6.07, 6.45) is 2.13. The molecule has 78 valence electrons. The van der Waals surface area contributed by atoms with E-state index in [4.69, 9.17) is 0 Å². The van der Waals surface area contributed by atoms with Crippen molar-refractivity contribution < 1.29 is 5.11 Å². The van der Waals surface area contributed by atoms with Crippen LogP contribution in [-0.2, 0) is 0 Å². The lowest BCUT2D eigenvalue weighted by atomic mass is 10.1. The van der Waals surface area contributed by atoms with Gasteiger partial charge in [-0.2, -0.15) is 0 Å². The molecule has 1 fully saturated rings. The molecule has 0 amide bonds. The van der Waals surface area contributed by atoms with Gasteiger partial charge in [0, 0.05) is 17.0 Å². The lowest BCUT2D eigenvalue weighted by molar-refractivity contribution is 0.138. The zero-order valence-electron chi connectivity index (χ0n) is 8.03. The Morgan fingerprint density at radius 1 is 1.57 bits per heavy atom. The molecule has 0 saturated heterocycles. The van der Waals surface area contributed by atoms with Crippen molar-refractivity contribution in [1.82, 2.24) is 5.32 Å². The summed E-state index contributed by atoms with van der Waals surface area (Å²) in [7, 11) is 0. The molecule has 14 heavy (non-hydrogen) atoms. The van der Waals surface area contributed by atoms with Crippen molar-refractivity contribution in [1.29, 1.82) is 0 Å². The van der Waals surface area contributed by atoms with Gasteiger partial charge < -0.3 is 10.4 Å². The molecule has 0 bridgehead atoms. The number of aliphatic hydroxyl groups is 1. The largest absolute Gasteiger partial charge is 0.386 e. The molecule has 4 heteroatoms. The molecule has 0 radical (unpaired) electrons. The third-order valence-electron chi connectivity index (χ3n) is 2.44. The molecule has 1 aromatic heterocycles. The number of halogens is 1. The van der Waals surface area contributed by atoms with E-state index in [1.165, 1.54) is 12.8 Å². The third kappa shape index (κ3) is 2.57. The average Bonchev–Trinajstić information content (AvgIpc) is 2.85. The molecule has 2 unspecified atom stereocenters. The molecule has 2 N–H and O–H groups in total. The molecule has 0 spiro atoms. The highest BCUT2D eigenvalue weighted by Crippen LogP contribution is 2.30. The molecular weight excluding hydrogens is 262 g/mol. The number of aliphatic hydroxyl groups excluding tert-OH is 1. The lowest BCUT2D eigenvalue weighted by Crippen LogP contribution is -2.33. The van der Waals surface area contributed by atoms with E-state index in [-0.39, 0.29) is 12.1 Å². The second kappa shape index (κ2) is 4.31. The van der Waals surface area contributed by atoms with Crippen LogP contribution < -0.4 is 5.32 Å². The summed E-state index contributed by atoms with van der Waals surface area (Å²) in [5, 5.41) is 13.4. The van der Waals surface area contributed by atoms with Crippen molar-refractivity contribution in [3.63, 3.8) is 0 Å². The van der Waals surface area contributed by atoms with E-state index in [0.717, 1.165) is 8.66 Å². The minimum Gasteiger partial charge on any atom is -0.386 e. The molecular formula is C10H14BrNOS. The molecule has 0 aliphatic heterocycles. The minimum absolute atomic E-state index is 0.146. The topological polar surface area (TPSA) is 32.3 Å². The van der Waals surface area contributed by atoms with Gasteiger partial charge in [0.1, 0.15) is 6.10 Å². The van der Waals surface area contributed by atoms with Crippen molar-refractivity contribution >= 4 is 27.3 Å². The summed E-state index contributed by atoms with van der Waals surface area (Å²) in [5.41, 5.74) is 0. The molecule has 1 aromatic rings. The van der Waals surface area contributed by atoms with Gasteiger partial charge in [-0.15, -0.1) is 11.3 Å². The zero-order chi connectivity index (χ0) is 10.1. The maximum Gasteiger partial charge on any atom is 0.103 e.